The van der Waals surface area contributed by atoms with E-state index in [1.54, 1.807) is 11.8 Å². The summed E-state index contributed by atoms with van der Waals surface area (Å²) in [5, 5.41) is 3.06. The van der Waals surface area contributed by atoms with E-state index in [2.05, 4.69) is 17.1 Å². The van der Waals surface area contributed by atoms with Crippen molar-refractivity contribution in [2.45, 2.75) is 38.6 Å². The van der Waals surface area contributed by atoms with E-state index >= 15 is 0 Å². The Morgan fingerprint density at radius 1 is 1.26 bits per heavy atom. The van der Waals surface area contributed by atoms with Crippen molar-refractivity contribution >= 4 is 17.7 Å². The molecule has 0 saturated carbocycles. The third-order valence-corrected chi connectivity index (χ3v) is 5.32. The zero-order chi connectivity index (χ0) is 16.5. The van der Waals surface area contributed by atoms with E-state index in [1.807, 2.05) is 12.1 Å². The standard InChI is InChI=1S/C18H27FN2OS/c1-2-12-23-14-18(22)20-13-17(21-10-4-3-5-11-21)15-6-8-16(19)9-7-15/h6-9,17H,2-5,10-14H2,1H3,(H,20,22)/t17-/m0/s1. The summed E-state index contributed by atoms with van der Waals surface area (Å²) >= 11 is 1.67. The molecule has 3 nitrogen and oxygen atoms in total. The number of halogens is 1. The molecule has 1 amide bonds. The Labute approximate surface area is 143 Å². The van der Waals surface area contributed by atoms with Gasteiger partial charge in [0.2, 0.25) is 5.91 Å². The number of nitrogens with one attached hydrogen (secondary N) is 1. The van der Waals surface area contributed by atoms with Crippen LogP contribution in [0.15, 0.2) is 24.3 Å². The molecule has 1 fully saturated rings. The van der Waals surface area contributed by atoms with Gasteiger partial charge in [-0.3, -0.25) is 9.69 Å². The summed E-state index contributed by atoms with van der Waals surface area (Å²) in [6.45, 7) is 4.80. The van der Waals surface area contributed by atoms with E-state index in [4.69, 9.17) is 0 Å². The van der Waals surface area contributed by atoms with Gasteiger partial charge in [-0.25, -0.2) is 4.39 Å². The average Bonchev–Trinajstić information content (AvgIpc) is 2.58. The fourth-order valence-electron chi connectivity index (χ4n) is 2.94. The number of benzene rings is 1. The van der Waals surface area contributed by atoms with Gasteiger partial charge in [0.25, 0.3) is 0 Å². The molecule has 1 heterocycles. The number of carbonyl (C=O) groups excluding carboxylic acids is 1. The summed E-state index contributed by atoms with van der Waals surface area (Å²) in [6.07, 6.45) is 4.74. The van der Waals surface area contributed by atoms with Gasteiger partial charge in [-0.05, 0) is 55.8 Å². The first kappa shape index (κ1) is 18.3. The molecule has 2 rings (SSSR count). The zero-order valence-corrected chi connectivity index (χ0v) is 14.7. The van der Waals surface area contributed by atoms with Crippen molar-refractivity contribution in [2.75, 3.05) is 31.1 Å². The van der Waals surface area contributed by atoms with Crippen molar-refractivity contribution in [3.8, 4) is 0 Å². The minimum atomic E-state index is -0.217. The molecule has 0 spiro atoms. The lowest BCUT2D eigenvalue weighted by molar-refractivity contribution is -0.118. The van der Waals surface area contributed by atoms with E-state index in [9.17, 15) is 9.18 Å². The Morgan fingerprint density at radius 2 is 1.96 bits per heavy atom. The fourth-order valence-corrected chi connectivity index (χ4v) is 3.66. The summed E-state index contributed by atoms with van der Waals surface area (Å²) in [4.78, 5) is 14.4. The minimum Gasteiger partial charge on any atom is -0.353 e. The van der Waals surface area contributed by atoms with Gasteiger partial charge in [0.05, 0.1) is 11.8 Å². The van der Waals surface area contributed by atoms with Crippen LogP contribution in [0.3, 0.4) is 0 Å². The molecule has 0 aromatic heterocycles. The van der Waals surface area contributed by atoms with Crippen molar-refractivity contribution in [1.29, 1.82) is 0 Å². The van der Waals surface area contributed by atoms with Crippen LogP contribution in [0.1, 0.15) is 44.2 Å². The topological polar surface area (TPSA) is 32.3 Å². The average molecular weight is 338 g/mol. The molecule has 1 atom stereocenters. The first-order valence-electron chi connectivity index (χ1n) is 8.54. The maximum atomic E-state index is 13.2. The van der Waals surface area contributed by atoms with Crippen molar-refractivity contribution < 1.29 is 9.18 Å². The fraction of sp³-hybridized carbons (Fsp3) is 0.611. The highest BCUT2D eigenvalue weighted by atomic mass is 32.2. The van der Waals surface area contributed by atoms with E-state index < -0.39 is 0 Å². The van der Waals surface area contributed by atoms with Crippen LogP contribution in [0.2, 0.25) is 0 Å². The predicted octanol–water partition coefficient (Wildman–Crippen LogP) is 3.61. The number of likely N-dealkylation sites (tertiary alicyclic amines) is 1. The van der Waals surface area contributed by atoms with Gasteiger partial charge in [-0.1, -0.05) is 25.5 Å². The van der Waals surface area contributed by atoms with Crippen molar-refractivity contribution in [3.63, 3.8) is 0 Å². The molecule has 1 N–H and O–H groups in total. The Kier molecular flexibility index (Phi) is 7.89. The Bertz CT molecular complexity index is 474. The molecule has 0 unspecified atom stereocenters. The molecule has 23 heavy (non-hydrogen) atoms. The molecule has 1 saturated heterocycles. The number of nitrogens with zero attached hydrogens (tertiary/aromatic N) is 1. The van der Waals surface area contributed by atoms with Crippen LogP contribution >= 0.6 is 11.8 Å². The quantitative estimate of drug-likeness (QED) is 0.735. The van der Waals surface area contributed by atoms with Crippen LogP contribution in [0.4, 0.5) is 4.39 Å². The predicted molar refractivity (Wildman–Crippen MR) is 95.2 cm³/mol. The van der Waals surface area contributed by atoms with Crippen molar-refractivity contribution in [1.82, 2.24) is 10.2 Å². The molecule has 5 heteroatoms. The number of piperidine rings is 1. The third-order valence-electron chi connectivity index (χ3n) is 4.16. The number of carbonyl (C=O) groups is 1. The van der Waals surface area contributed by atoms with Gasteiger partial charge in [-0.15, -0.1) is 0 Å². The first-order chi connectivity index (χ1) is 11.2. The van der Waals surface area contributed by atoms with E-state index in [0.717, 1.165) is 30.8 Å². The van der Waals surface area contributed by atoms with Gasteiger partial charge in [0, 0.05) is 6.54 Å². The summed E-state index contributed by atoms with van der Waals surface area (Å²) in [5.74, 6) is 1.41. The zero-order valence-electron chi connectivity index (χ0n) is 13.9. The number of hydrogen-bond donors (Lipinski definition) is 1. The summed E-state index contributed by atoms with van der Waals surface area (Å²) in [7, 11) is 0. The van der Waals surface area contributed by atoms with Crippen molar-refractivity contribution in [2.24, 2.45) is 0 Å². The lowest BCUT2D eigenvalue weighted by Crippen LogP contribution is -2.41. The van der Waals surface area contributed by atoms with Gasteiger partial charge in [0.15, 0.2) is 0 Å². The largest absolute Gasteiger partial charge is 0.353 e. The van der Waals surface area contributed by atoms with E-state index in [0.29, 0.717) is 12.3 Å². The second kappa shape index (κ2) is 9.93. The molecule has 1 aliphatic rings. The minimum absolute atomic E-state index is 0.0903. The summed E-state index contributed by atoms with van der Waals surface area (Å²) in [5.41, 5.74) is 1.08. The smallest absolute Gasteiger partial charge is 0.230 e. The molecule has 1 aromatic rings. The number of rotatable bonds is 8. The second-order valence-corrected chi connectivity index (χ2v) is 7.13. The molecular formula is C18H27FN2OS. The van der Waals surface area contributed by atoms with Crippen LogP contribution in [0.5, 0.6) is 0 Å². The monoisotopic (exact) mass is 338 g/mol. The normalized spacial score (nSPS) is 17.0. The number of hydrogen-bond acceptors (Lipinski definition) is 3. The maximum absolute atomic E-state index is 13.2. The highest BCUT2D eigenvalue weighted by Crippen LogP contribution is 2.24. The maximum Gasteiger partial charge on any atom is 0.230 e. The van der Waals surface area contributed by atoms with Gasteiger partial charge >= 0.3 is 0 Å². The molecule has 128 valence electrons. The van der Waals surface area contributed by atoms with Gasteiger partial charge in [0.1, 0.15) is 5.82 Å². The molecule has 0 bridgehead atoms. The number of thioether (sulfide) groups is 1. The third kappa shape index (κ3) is 6.15. The van der Waals surface area contributed by atoms with Crippen molar-refractivity contribution in [3.05, 3.63) is 35.6 Å². The van der Waals surface area contributed by atoms with Crippen LogP contribution < -0.4 is 5.32 Å². The van der Waals surface area contributed by atoms with Crippen LogP contribution in [-0.4, -0.2) is 41.9 Å². The molecule has 0 aliphatic carbocycles. The number of amides is 1. The van der Waals surface area contributed by atoms with Crippen LogP contribution in [-0.2, 0) is 4.79 Å². The Morgan fingerprint density at radius 3 is 2.61 bits per heavy atom. The Hall–Kier alpha value is -1.07. The highest BCUT2D eigenvalue weighted by Gasteiger charge is 2.22. The molecule has 1 aliphatic heterocycles. The van der Waals surface area contributed by atoms with Gasteiger partial charge in [-0.2, -0.15) is 11.8 Å². The molecule has 1 aromatic carbocycles. The second-order valence-electron chi connectivity index (χ2n) is 6.02. The van der Waals surface area contributed by atoms with Crippen LogP contribution in [0.25, 0.3) is 0 Å². The first-order valence-corrected chi connectivity index (χ1v) is 9.70. The van der Waals surface area contributed by atoms with E-state index in [1.165, 1.54) is 31.4 Å². The SMILES string of the molecule is CCCSCC(=O)NC[C@@H](c1ccc(F)cc1)N1CCCCC1. The van der Waals surface area contributed by atoms with Crippen LogP contribution in [0, 0.1) is 5.82 Å². The highest BCUT2D eigenvalue weighted by molar-refractivity contribution is 7.99. The lowest BCUT2D eigenvalue weighted by Gasteiger charge is -2.35. The molecule has 0 radical (unpaired) electrons. The van der Waals surface area contributed by atoms with Gasteiger partial charge < -0.3 is 5.32 Å². The van der Waals surface area contributed by atoms with E-state index in [-0.39, 0.29) is 17.8 Å². The summed E-state index contributed by atoms with van der Waals surface area (Å²) in [6, 6.07) is 6.83. The lowest BCUT2D eigenvalue weighted by atomic mass is 10.0. The Balaban J connectivity index is 1.95. The molecular weight excluding hydrogens is 311 g/mol. The summed E-state index contributed by atoms with van der Waals surface area (Å²) < 4.78 is 13.2.